The van der Waals surface area contributed by atoms with E-state index in [1.807, 2.05) is 24.3 Å². The molecule has 0 bridgehead atoms. The fraction of sp³-hybridized carbons (Fsp3) is 0.143. The summed E-state index contributed by atoms with van der Waals surface area (Å²) in [5.74, 6) is 0. The van der Waals surface area contributed by atoms with Gasteiger partial charge in [-0.25, -0.2) is 12.8 Å². The maximum Gasteiger partial charge on any atom is 0 e. The standard InChI is InChI=1S/C10H7.C4H8.V/c1-2-6-10-8-4-3-7-9(10)5-1;1-3-4-2;/h1-3,5-8H;1-4H2;/q-1;-2;. The number of hydrogen-bond acceptors (Lipinski definition) is 0. The van der Waals surface area contributed by atoms with Gasteiger partial charge in [-0.15, -0.1) is 16.8 Å². The Morgan fingerprint density at radius 3 is 2.07 bits per heavy atom. The molecule has 0 aromatic heterocycles. The number of fused-ring (bicyclic) bond motifs is 1. The first kappa shape index (κ1) is 14.3. The quantitative estimate of drug-likeness (QED) is 0.652. The predicted octanol–water partition coefficient (Wildman–Crippen LogP) is 4.07. The first-order valence-corrected chi connectivity index (χ1v) is 4.82. The van der Waals surface area contributed by atoms with Gasteiger partial charge in [0.25, 0.3) is 0 Å². The minimum absolute atomic E-state index is 0. The maximum absolute atomic E-state index is 3.54. The van der Waals surface area contributed by atoms with Crippen LogP contribution in [0.2, 0.25) is 0 Å². The Balaban J connectivity index is 0.000000346. The molecule has 0 amide bonds. The third-order valence-electron chi connectivity index (χ3n) is 1.84. The van der Waals surface area contributed by atoms with E-state index in [0.29, 0.717) is 0 Å². The van der Waals surface area contributed by atoms with Gasteiger partial charge in [-0.2, -0.15) is 24.3 Å². The molecule has 0 unspecified atom stereocenters. The van der Waals surface area contributed by atoms with Crippen LogP contribution in [0.25, 0.3) is 10.8 Å². The molecule has 15 heavy (non-hydrogen) atoms. The molecule has 1 heteroatoms. The van der Waals surface area contributed by atoms with Gasteiger partial charge in [0.05, 0.1) is 0 Å². The summed E-state index contributed by atoms with van der Waals surface area (Å²) in [5.41, 5.74) is 0. The van der Waals surface area contributed by atoms with Crippen molar-refractivity contribution in [1.82, 2.24) is 0 Å². The van der Waals surface area contributed by atoms with Crippen LogP contribution in [-0.4, -0.2) is 0 Å². The average Bonchev–Trinajstić information content (AvgIpc) is 2.30. The minimum Gasteiger partial charge on any atom is -0.346 e. The summed E-state index contributed by atoms with van der Waals surface area (Å²) in [5, 5.41) is 2.53. The average molecular weight is 234 g/mol. The van der Waals surface area contributed by atoms with E-state index in [1.165, 1.54) is 10.8 Å². The number of unbranched alkanes of at least 4 members (excludes halogenated alkanes) is 1. The van der Waals surface area contributed by atoms with Crippen LogP contribution >= 0.6 is 0 Å². The third kappa shape index (κ3) is 5.06. The van der Waals surface area contributed by atoms with Crippen molar-refractivity contribution in [1.29, 1.82) is 0 Å². The van der Waals surface area contributed by atoms with Crippen LogP contribution in [0, 0.1) is 19.9 Å². The summed E-state index contributed by atoms with van der Waals surface area (Å²) >= 11 is 0. The molecular formula is C14H15V-3. The zero-order valence-corrected chi connectivity index (χ0v) is 10.2. The van der Waals surface area contributed by atoms with Crippen LogP contribution < -0.4 is 0 Å². The summed E-state index contributed by atoms with van der Waals surface area (Å²) in [6.45, 7) is 7.08. The second kappa shape index (κ2) is 8.58. The van der Waals surface area contributed by atoms with E-state index in [2.05, 4.69) is 38.1 Å². The molecule has 1 radical (unpaired) electrons. The Bertz CT molecular complexity index is 301. The molecule has 2 rings (SSSR count). The Hall–Kier alpha value is -0.716. The van der Waals surface area contributed by atoms with E-state index in [-0.39, 0.29) is 18.6 Å². The Morgan fingerprint density at radius 1 is 0.933 bits per heavy atom. The van der Waals surface area contributed by atoms with E-state index in [9.17, 15) is 0 Å². The molecule has 2 aromatic carbocycles. The van der Waals surface area contributed by atoms with Gasteiger partial charge in [0.15, 0.2) is 0 Å². The van der Waals surface area contributed by atoms with Crippen molar-refractivity contribution in [3.05, 3.63) is 62.4 Å². The number of benzene rings is 2. The molecule has 0 atom stereocenters. The first-order valence-electron chi connectivity index (χ1n) is 4.82. The summed E-state index contributed by atoms with van der Waals surface area (Å²) in [6.07, 6.45) is 1.92. The molecule has 79 valence electrons. The molecule has 0 fully saturated rings. The maximum atomic E-state index is 3.54. The van der Waals surface area contributed by atoms with Gasteiger partial charge in [-0.05, 0) is 0 Å². The second-order valence-electron chi connectivity index (χ2n) is 2.98. The van der Waals surface area contributed by atoms with E-state index < -0.39 is 0 Å². The normalized spacial score (nSPS) is 8.67. The molecule has 0 heterocycles. The van der Waals surface area contributed by atoms with Crippen LogP contribution in [0.5, 0.6) is 0 Å². The van der Waals surface area contributed by atoms with E-state index in [1.54, 1.807) is 0 Å². The van der Waals surface area contributed by atoms with Crippen molar-refractivity contribution in [2.75, 3.05) is 0 Å². The van der Waals surface area contributed by atoms with Crippen molar-refractivity contribution < 1.29 is 18.6 Å². The van der Waals surface area contributed by atoms with Gasteiger partial charge >= 0.3 is 0 Å². The third-order valence-corrected chi connectivity index (χ3v) is 1.84. The van der Waals surface area contributed by atoms with Crippen molar-refractivity contribution in [3.8, 4) is 0 Å². The van der Waals surface area contributed by atoms with Gasteiger partial charge < -0.3 is 13.8 Å². The van der Waals surface area contributed by atoms with Crippen LogP contribution in [0.4, 0.5) is 0 Å². The molecule has 0 aliphatic carbocycles. The zero-order chi connectivity index (χ0) is 10.2. The van der Waals surface area contributed by atoms with Gasteiger partial charge in [-0.1, -0.05) is 18.2 Å². The van der Waals surface area contributed by atoms with Gasteiger partial charge in [0.2, 0.25) is 0 Å². The summed E-state index contributed by atoms with van der Waals surface area (Å²) in [4.78, 5) is 0. The number of hydrogen-bond donors (Lipinski definition) is 0. The molecule has 0 saturated heterocycles. The SMILES string of the molecule is [CH2-]CC[CH2-].[V].[c-]1ccc2ccccc2c1. The molecule has 0 aliphatic heterocycles. The fourth-order valence-electron chi connectivity index (χ4n) is 1.07. The predicted molar refractivity (Wildman–Crippen MR) is 62.7 cm³/mol. The largest absolute Gasteiger partial charge is 0.346 e. The molecule has 0 saturated carbocycles. The van der Waals surface area contributed by atoms with Crippen LogP contribution in [0.3, 0.4) is 0 Å². The van der Waals surface area contributed by atoms with E-state index in [4.69, 9.17) is 0 Å². The Morgan fingerprint density at radius 2 is 1.53 bits per heavy atom. The number of rotatable bonds is 1. The summed E-state index contributed by atoms with van der Waals surface area (Å²) < 4.78 is 0. The van der Waals surface area contributed by atoms with Crippen molar-refractivity contribution >= 4 is 10.8 Å². The minimum atomic E-state index is 0. The molecule has 0 nitrogen and oxygen atoms in total. The monoisotopic (exact) mass is 234 g/mol. The molecule has 0 N–H and O–H groups in total. The van der Waals surface area contributed by atoms with Crippen LogP contribution in [0.1, 0.15) is 12.8 Å². The van der Waals surface area contributed by atoms with Crippen LogP contribution in [0.15, 0.2) is 42.5 Å². The molecule has 0 aliphatic rings. The smallest absolute Gasteiger partial charge is 0 e. The summed E-state index contributed by atoms with van der Waals surface area (Å²) in [7, 11) is 0. The molecular weight excluding hydrogens is 219 g/mol. The zero-order valence-electron chi connectivity index (χ0n) is 8.82. The van der Waals surface area contributed by atoms with Gasteiger partial charge in [0, 0.05) is 18.6 Å². The Labute approximate surface area is 105 Å². The first-order chi connectivity index (χ1) is 6.88. The molecule has 0 spiro atoms. The molecule has 2 aromatic rings. The topological polar surface area (TPSA) is 0 Å². The fourth-order valence-corrected chi connectivity index (χ4v) is 1.07. The van der Waals surface area contributed by atoms with Crippen molar-refractivity contribution in [2.45, 2.75) is 12.8 Å². The summed E-state index contributed by atoms with van der Waals surface area (Å²) in [6, 6.07) is 17.3. The van der Waals surface area contributed by atoms with E-state index >= 15 is 0 Å². The van der Waals surface area contributed by atoms with Gasteiger partial charge in [0.1, 0.15) is 0 Å². The van der Waals surface area contributed by atoms with Gasteiger partial charge in [-0.3, -0.25) is 0 Å². The van der Waals surface area contributed by atoms with E-state index in [0.717, 1.165) is 12.8 Å². The van der Waals surface area contributed by atoms with Crippen molar-refractivity contribution in [3.63, 3.8) is 0 Å². The van der Waals surface area contributed by atoms with Crippen LogP contribution in [-0.2, 0) is 18.6 Å². The second-order valence-corrected chi connectivity index (χ2v) is 2.98. The Kier molecular flexibility index (Phi) is 8.17. The van der Waals surface area contributed by atoms with Crippen molar-refractivity contribution in [2.24, 2.45) is 0 Å².